The lowest BCUT2D eigenvalue weighted by Crippen LogP contribution is -1.88. The molecular formula is C12H11N3S2. The smallest absolute Gasteiger partial charge is 0.190 e. The Hall–Kier alpha value is -1.46. The Morgan fingerprint density at radius 3 is 2.82 bits per heavy atom. The van der Waals surface area contributed by atoms with E-state index >= 15 is 0 Å². The number of fused-ring (bicyclic) bond motifs is 1. The molecule has 0 unspecified atom stereocenters. The minimum absolute atomic E-state index is 0.906. The molecule has 3 nitrogen and oxygen atoms in total. The summed E-state index contributed by atoms with van der Waals surface area (Å²) in [7, 11) is 0. The van der Waals surface area contributed by atoms with Crippen LogP contribution < -0.4 is 5.32 Å². The van der Waals surface area contributed by atoms with Crippen molar-refractivity contribution in [1.29, 1.82) is 0 Å². The molecule has 5 heteroatoms. The highest BCUT2D eigenvalue weighted by Gasteiger charge is 2.05. The third-order valence-corrected chi connectivity index (χ3v) is 4.18. The Kier molecular flexibility index (Phi) is 2.78. The highest BCUT2D eigenvalue weighted by atomic mass is 32.1. The second kappa shape index (κ2) is 4.43. The highest BCUT2D eigenvalue weighted by Crippen LogP contribution is 2.29. The number of thiazole rings is 2. The summed E-state index contributed by atoms with van der Waals surface area (Å²) in [5, 5.41) is 7.17. The third-order valence-electron chi connectivity index (χ3n) is 2.42. The first-order chi connectivity index (χ1) is 8.35. The van der Waals surface area contributed by atoms with Gasteiger partial charge in [0.05, 0.1) is 15.9 Å². The van der Waals surface area contributed by atoms with E-state index in [2.05, 4.69) is 33.7 Å². The molecule has 3 aromatic rings. The van der Waals surface area contributed by atoms with Crippen LogP contribution in [-0.4, -0.2) is 9.97 Å². The Labute approximate surface area is 107 Å². The van der Waals surface area contributed by atoms with Crippen LogP contribution >= 0.6 is 22.7 Å². The average Bonchev–Trinajstić information content (AvgIpc) is 2.94. The van der Waals surface area contributed by atoms with Gasteiger partial charge < -0.3 is 5.32 Å². The van der Waals surface area contributed by atoms with Crippen LogP contribution in [0.15, 0.2) is 29.6 Å². The summed E-state index contributed by atoms with van der Waals surface area (Å²) in [4.78, 5) is 8.99. The molecule has 1 aromatic carbocycles. The lowest BCUT2D eigenvalue weighted by molar-refractivity contribution is 1.06. The van der Waals surface area contributed by atoms with Crippen molar-refractivity contribution in [2.45, 2.75) is 13.3 Å². The molecule has 0 bridgehead atoms. The van der Waals surface area contributed by atoms with E-state index in [-0.39, 0.29) is 0 Å². The molecule has 3 rings (SSSR count). The van der Waals surface area contributed by atoms with E-state index in [0.29, 0.717) is 0 Å². The molecule has 0 amide bonds. The zero-order valence-corrected chi connectivity index (χ0v) is 10.9. The molecule has 0 aliphatic carbocycles. The van der Waals surface area contributed by atoms with Crippen LogP contribution in [-0.2, 0) is 6.42 Å². The fraction of sp³-hybridized carbons (Fsp3) is 0.167. The van der Waals surface area contributed by atoms with Gasteiger partial charge in [-0.25, -0.2) is 9.97 Å². The summed E-state index contributed by atoms with van der Waals surface area (Å²) in [6, 6.07) is 8.14. The van der Waals surface area contributed by atoms with Gasteiger partial charge in [-0.3, -0.25) is 0 Å². The normalized spacial score (nSPS) is 10.9. The Morgan fingerprint density at radius 2 is 2.06 bits per heavy atom. The van der Waals surface area contributed by atoms with Gasteiger partial charge in [-0.1, -0.05) is 30.4 Å². The summed E-state index contributed by atoms with van der Waals surface area (Å²) < 4.78 is 1.20. The zero-order valence-electron chi connectivity index (χ0n) is 9.30. The predicted octanol–water partition coefficient (Wildman–Crippen LogP) is 4.06. The van der Waals surface area contributed by atoms with Gasteiger partial charge in [0, 0.05) is 5.38 Å². The number of aryl methyl sites for hydroxylation is 1. The van der Waals surface area contributed by atoms with Crippen molar-refractivity contribution in [3.63, 3.8) is 0 Å². The molecular weight excluding hydrogens is 250 g/mol. The average molecular weight is 261 g/mol. The number of para-hydroxylation sites is 1. The van der Waals surface area contributed by atoms with E-state index in [0.717, 1.165) is 27.9 Å². The molecule has 0 aliphatic rings. The SMILES string of the molecule is CCc1csc(Nc2nc3ccccc3s2)n1. The first-order valence-corrected chi connectivity index (χ1v) is 7.12. The number of benzene rings is 1. The number of nitrogens with zero attached hydrogens (tertiary/aromatic N) is 2. The van der Waals surface area contributed by atoms with E-state index in [1.165, 1.54) is 4.70 Å². The van der Waals surface area contributed by atoms with Gasteiger partial charge in [-0.05, 0) is 18.6 Å². The Balaban J connectivity index is 1.89. The van der Waals surface area contributed by atoms with Gasteiger partial charge in [0.15, 0.2) is 10.3 Å². The molecule has 86 valence electrons. The van der Waals surface area contributed by atoms with Crippen molar-refractivity contribution >= 4 is 43.2 Å². The lowest BCUT2D eigenvalue weighted by Gasteiger charge is -1.94. The van der Waals surface area contributed by atoms with E-state index in [4.69, 9.17) is 0 Å². The van der Waals surface area contributed by atoms with Crippen molar-refractivity contribution in [3.8, 4) is 0 Å². The fourth-order valence-electron chi connectivity index (χ4n) is 1.54. The molecule has 0 fully saturated rings. The van der Waals surface area contributed by atoms with Crippen molar-refractivity contribution in [3.05, 3.63) is 35.3 Å². The summed E-state index contributed by atoms with van der Waals surface area (Å²) in [6.07, 6.45) is 0.970. The first kappa shape index (κ1) is 10.7. The van der Waals surface area contributed by atoms with Gasteiger partial charge in [0.2, 0.25) is 0 Å². The maximum Gasteiger partial charge on any atom is 0.190 e. The molecule has 0 radical (unpaired) electrons. The number of hydrogen-bond donors (Lipinski definition) is 1. The van der Waals surface area contributed by atoms with Gasteiger partial charge in [-0.2, -0.15) is 0 Å². The second-order valence-electron chi connectivity index (χ2n) is 3.61. The minimum atomic E-state index is 0.906. The number of rotatable bonds is 3. The van der Waals surface area contributed by atoms with Gasteiger partial charge in [0.1, 0.15) is 0 Å². The van der Waals surface area contributed by atoms with E-state index < -0.39 is 0 Å². The Bertz CT molecular complexity index is 609. The second-order valence-corrected chi connectivity index (χ2v) is 5.50. The van der Waals surface area contributed by atoms with Crippen molar-refractivity contribution in [2.75, 3.05) is 5.32 Å². The molecule has 0 atom stereocenters. The Morgan fingerprint density at radius 1 is 1.18 bits per heavy atom. The summed E-state index contributed by atoms with van der Waals surface area (Å²) in [5.41, 5.74) is 2.16. The van der Waals surface area contributed by atoms with Crippen molar-refractivity contribution in [1.82, 2.24) is 9.97 Å². The lowest BCUT2D eigenvalue weighted by atomic mass is 10.3. The molecule has 0 spiro atoms. The topological polar surface area (TPSA) is 37.8 Å². The van der Waals surface area contributed by atoms with Crippen molar-refractivity contribution < 1.29 is 0 Å². The molecule has 0 aliphatic heterocycles. The van der Waals surface area contributed by atoms with Gasteiger partial charge in [-0.15, -0.1) is 11.3 Å². The molecule has 2 aromatic heterocycles. The maximum absolute atomic E-state index is 4.52. The van der Waals surface area contributed by atoms with Crippen LogP contribution in [0.25, 0.3) is 10.2 Å². The number of aromatic nitrogens is 2. The highest BCUT2D eigenvalue weighted by molar-refractivity contribution is 7.22. The van der Waals surface area contributed by atoms with Crippen LogP contribution in [0, 0.1) is 0 Å². The molecule has 0 saturated heterocycles. The monoisotopic (exact) mass is 261 g/mol. The minimum Gasteiger partial charge on any atom is -0.307 e. The predicted molar refractivity (Wildman–Crippen MR) is 74.4 cm³/mol. The fourth-order valence-corrected chi connectivity index (χ4v) is 3.27. The van der Waals surface area contributed by atoms with Crippen molar-refractivity contribution in [2.24, 2.45) is 0 Å². The largest absolute Gasteiger partial charge is 0.307 e. The number of anilines is 2. The molecule has 17 heavy (non-hydrogen) atoms. The van der Waals surface area contributed by atoms with Gasteiger partial charge >= 0.3 is 0 Å². The molecule has 2 heterocycles. The van der Waals surface area contributed by atoms with E-state index in [1.54, 1.807) is 22.7 Å². The van der Waals surface area contributed by atoms with Crippen LogP contribution in [0.2, 0.25) is 0 Å². The van der Waals surface area contributed by atoms with E-state index in [1.807, 2.05) is 18.2 Å². The standard InChI is InChI=1S/C12H11N3S2/c1-2-8-7-16-11(13-8)15-12-14-9-5-3-4-6-10(9)17-12/h3-7H,2H2,1H3,(H,13,14,15). The van der Waals surface area contributed by atoms with Crippen LogP contribution in [0.5, 0.6) is 0 Å². The van der Waals surface area contributed by atoms with Crippen LogP contribution in [0.3, 0.4) is 0 Å². The summed E-state index contributed by atoms with van der Waals surface area (Å²) >= 11 is 3.28. The third kappa shape index (κ3) is 2.16. The van der Waals surface area contributed by atoms with Gasteiger partial charge in [0.25, 0.3) is 0 Å². The number of hydrogen-bond acceptors (Lipinski definition) is 5. The zero-order chi connectivity index (χ0) is 11.7. The summed E-state index contributed by atoms with van der Waals surface area (Å²) in [5.74, 6) is 0. The van der Waals surface area contributed by atoms with Crippen LogP contribution in [0.1, 0.15) is 12.6 Å². The molecule has 1 N–H and O–H groups in total. The first-order valence-electron chi connectivity index (χ1n) is 5.42. The molecule has 0 saturated carbocycles. The quantitative estimate of drug-likeness (QED) is 0.772. The van der Waals surface area contributed by atoms with Crippen LogP contribution in [0.4, 0.5) is 10.3 Å². The van der Waals surface area contributed by atoms with E-state index in [9.17, 15) is 0 Å². The summed E-state index contributed by atoms with van der Waals surface area (Å²) in [6.45, 7) is 2.11. The maximum atomic E-state index is 4.52. The number of nitrogens with one attached hydrogen (secondary N) is 1.